The van der Waals surface area contributed by atoms with Crippen molar-refractivity contribution in [3.05, 3.63) is 115 Å². The largest absolute Gasteiger partial charge is 0.478 e. The molecule has 1 aliphatic carbocycles. The van der Waals surface area contributed by atoms with Crippen LogP contribution in [-0.4, -0.2) is 45.1 Å². The maximum absolute atomic E-state index is 13.9. The molecule has 51 heavy (non-hydrogen) atoms. The Balaban J connectivity index is 0.000000212. The number of aromatic carboxylic acids is 2. The molecule has 4 aromatic rings. The summed E-state index contributed by atoms with van der Waals surface area (Å²) in [6.07, 6.45) is 1.44. The molecule has 0 aliphatic heterocycles. The van der Waals surface area contributed by atoms with Crippen LogP contribution in [0.4, 0.5) is 48.3 Å². The zero-order chi connectivity index (χ0) is 38.6. The standard InChI is InChI=1S/C13H8F3NO3.C11H8F4O3.C7H2F4O2/c14-8-3-6-11(10(16)9(8)15)17(5-1-2-5)4-7(12(6)18)13(19)20;1-2-18-8(17)4-7(16)5-3-6(12)10(14)11(15)9(5)13;8-3-1-2(7(12)13)4(9)6(11)5(3)10/h3-5H,1-2H2,(H,19,20);3H,2,4H2,1H3;1H,(H,12,13). The maximum atomic E-state index is 13.9. The van der Waals surface area contributed by atoms with E-state index in [0.29, 0.717) is 18.9 Å². The predicted molar refractivity (Wildman–Crippen MR) is 148 cm³/mol. The molecule has 0 bridgehead atoms. The van der Waals surface area contributed by atoms with Crippen LogP contribution < -0.4 is 5.43 Å². The van der Waals surface area contributed by atoms with Crippen molar-refractivity contribution in [2.45, 2.75) is 32.2 Å². The van der Waals surface area contributed by atoms with Crippen LogP contribution >= 0.6 is 0 Å². The fraction of sp³-hybridized carbons (Fsp3) is 0.194. The number of aromatic nitrogens is 1. The topological polar surface area (TPSA) is 140 Å². The number of carbonyl (C=O) groups excluding carboxylic acids is 2. The Hall–Kier alpha value is -5.82. The van der Waals surface area contributed by atoms with Crippen LogP contribution in [0.1, 0.15) is 63.3 Å². The number of ketones is 1. The zero-order valence-corrected chi connectivity index (χ0v) is 25.2. The normalized spacial score (nSPS) is 12.0. The highest BCUT2D eigenvalue weighted by atomic mass is 19.2. The van der Waals surface area contributed by atoms with Crippen molar-refractivity contribution >= 4 is 34.6 Å². The Bertz CT molecular complexity index is 2150. The lowest BCUT2D eigenvalue weighted by Gasteiger charge is -2.12. The van der Waals surface area contributed by atoms with Crippen LogP contribution in [0.2, 0.25) is 0 Å². The van der Waals surface area contributed by atoms with Crippen molar-refractivity contribution in [1.29, 1.82) is 0 Å². The number of hydrogen-bond acceptors (Lipinski definition) is 6. The summed E-state index contributed by atoms with van der Waals surface area (Å²) in [6, 6.07) is 0.628. The van der Waals surface area contributed by atoms with E-state index in [0.717, 1.165) is 6.20 Å². The van der Waals surface area contributed by atoms with Gasteiger partial charge in [0.05, 0.1) is 23.1 Å². The van der Waals surface area contributed by atoms with E-state index in [-0.39, 0.29) is 30.3 Å². The monoisotopic (exact) mass is 741 g/mol. The molecule has 9 nitrogen and oxygen atoms in total. The Morgan fingerprint density at radius 1 is 0.667 bits per heavy atom. The lowest BCUT2D eigenvalue weighted by molar-refractivity contribution is -0.141. The van der Waals surface area contributed by atoms with Gasteiger partial charge in [-0.2, -0.15) is 0 Å². The maximum Gasteiger partial charge on any atom is 0.341 e. The number of rotatable bonds is 7. The Kier molecular flexibility index (Phi) is 12.3. The summed E-state index contributed by atoms with van der Waals surface area (Å²) < 4.78 is 147. The molecule has 20 heteroatoms. The molecule has 272 valence electrons. The van der Waals surface area contributed by atoms with Crippen LogP contribution in [0, 0.1) is 64.0 Å². The highest BCUT2D eigenvalue weighted by Crippen LogP contribution is 2.38. The van der Waals surface area contributed by atoms with E-state index in [1.54, 1.807) is 0 Å². The van der Waals surface area contributed by atoms with Crippen LogP contribution in [-0.2, 0) is 9.53 Å². The average Bonchev–Trinajstić information content (AvgIpc) is 3.91. The number of ether oxygens (including phenoxy) is 1. The lowest BCUT2D eigenvalue weighted by Crippen LogP contribution is -2.20. The van der Waals surface area contributed by atoms with E-state index in [4.69, 9.17) is 10.2 Å². The van der Waals surface area contributed by atoms with Gasteiger partial charge in [-0.1, -0.05) is 0 Å². The molecular formula is C31H18F11NO8. The van der Waals surface area contributed by atoms with Gasteiger partial charge in [0.25, 0.3) is 0 Å². The van der Waals surface area contributed by atoms with E-state index in [2.05, 4.69) is 4.74 Å². The van der Waals surface area contributed by atoms with E-state index in [1.165, 1.54) is 11.5 Å². The summed E-state index contributed by atoms with van der Waals surface area (Å²) in [5.41, 5.74) is -4.27. The molecule has 1 fully saturated rings. The van der Waals surface area contributed by atoms with E-state index in [9.17, 15) is 72.3 Å². The summed E-state index contributed by atoms with van der Waals surface area (Å²) in [4.78, 5) is 55.4. The van der Waals surface area contributed by atoms with Gasteiger partial charge < -0.3 is 19.5 Å². The van der Waals surface area contributed by atoms with Gasteiger partial charge in [0.2, 0.25) is 5.43 Å². The molecule has 0 spiro atoms. The number of hydrogen-bond donors (Lipinski definition) is 2. The summed E-state index contributed by atoms with van der Waals surface area (Å²) in [6.45, 7) is 1.49. The van der Waals surface area contributed by atoms with Crippen molar-refractivity contribution in [1.82, 2.24) is 4.57 Å². The quantitative estimate of drug-likeness (QED) is 0.0529. The summed E-state index contributed by atoms with van der Waals surface area (Å²) in [7, 11) is 0. The smallest absolute Gasteiger partial charge is 0.341 e. The highest BCUT2D eigenvalue weighted by Gasteiger charge is 2.30. The number of pyridine rings is 1. The molecule has 2 N–H and O–H groups in total. The van der Waals surface area contributed by atoms with Gasteiger partial charge in [-0.25, -0.2) is 57.9 Å². The summed E-state index contributed by atoms with van der Waals surface area (Å²) >= 11 is 0. The van der Waals surface area contributed by atoms with Crippen LogP contribution in [0.3, 0.4) is 0 Å². The number of esters is 1. The van der Waals surface area contributed by atoms with Crippen LogP contribution in [0.25, 0.3) is 10.9 Å². The van der Waals surface area contributed by atoms with Gasteiger partial charge in [0.1, 0.15) is 17.5 Å². The van der Waals surface area contributed by atoms with Crippen LogP contribution in [0.15, 0.2) is 29.2 Å². The van der Waals surface area contributed by atoms with Crippen molar-refractivity contribution in [3.63, 3.8) is 0 Å². The third kappa shape index (κ3) is 8.50. The summed E-state index contributed by atoms with van der Waals surface area (Å²) in [5.74, 6) is -25.6. The molecule has 0 radical (unpaired) electrons. The molecule has 3 aromatic carbocycles. The molecule has 0 atom stereocenters. The molecule has 0 unspecified atom stereocenters. The van der Waals surface area contributed by atoms with Gasteiger partial charge in [-0.3, -0.25) is 14.4 Å². The number of benzene rings is 3. The van der Waals surface area contributed by atoms with Gasteiger partial charge >= 0.3 is 17.9 Å². The van der Waals surface area contributed by atoms with Gasteiger partial charge in [-0.05, 0) is 38.0 Å². The van der Waals surface area contributed by atoms with Gasteiger partial charge in [-0.15, -0.1) is 0 Å². The zero-order valence-electron chi connectivity index (χ0n) is 25.2. The van der Waals surface area contributed by atoms with Crippen molar-refractivity contribution in [2.24, 2.45) is 0 Å². The van der Waals surface area contributed by atoms with Crippen molar-refractivity contribution < 1.29 is 82.4 Å². The van der Waals surface area contributed by atoms with E-state index in [1.807, 2.05) is 0 Å². The second-order valence-corrected chi connectivity index (χ2v) is 10.1. The van der Waals surface area contributed by atoms with Crippen molar-refractivity contribution in [3.8, 4) is 0 Å². The van der Waals surface area contributed by atoms with Gasteiger partial charge in [0.15, 0.2) is 69.8 Å². The molecule has 1 saturated carbocycles. The molecule has 1 aromatic heterocycles. The minimum atomic E-state index is -2.13. The molecular weight excluding hydrogens is 723 g/mol. The second-order valence-electron chi connectivity index (χ2n) is 10.1. The van der Waals surface area contributed by atoms with E-state index >= 15 is 0 Å². The number of halogens is 11. The first-order valence-electron chi connectivity index (χ1n) is 13.8. The molecule has 1 heterocycles. The predicted octanol–water partition coefficient (Wildman–Crippen LogP) is 6.77. The first-order valence-corrected chi connectivity index (χ1v) is 13.8. The number of nitrogens with zero attached hydrogens (tertiary/aromatic N) is 1. The molecule has 1 aliphatic rings. The number of fused-ring (bicyclic) bond motifs is 1. The molecule has 0 saturated heterocycles. The number of carboxylic acid groups (broad SMARTS) is 2. The third-order valence-corrected chi connectivity index (χ3v) is 6.67. The SMILES string of the molecule is CCOC(=O)CC(=O)c1cc(F)c(F)c(F)c1F.O=C(O)c1cc(F)c(F)c(F)c1F.O=C(O)c1cn(C2CC2)c2c(F)c(F)c(F)cc2c1=O. The number of carboxylic acids is 2. The third-order valence-electron chi connectivity index (χ3n) is 6.67. The lowest BCUT2D eigenvalue weighted by atomic mass is 10.1. The van der Waals surface area contributed by atoms with Crippen molar-refractivity contribution in [2.75, 3.05) is 6.61 Å². The second kappa shape index (κ2) is 15.8. The van der Waals surface area contributed by atoms with Crippen LogP contribution in [0.5, 0.6) is 0 Å². The fourth-order valence-electron chi connectivity index (χ4n) is 4.15. The minimum absolute atomic E-state index is 0.000730. The molecule has 0 amide bonds. The first kappa shape index (κ1) is 39.6. The fourth-order valence-corrected chi connectivity index (χ4v) is 4.15. The minimum Gasteiger partial charge on any atom is -0.478 e. The number of carbonyl (C=O) groups is 4. The Morgan fingerprint density at radius 3 is 1.59 bits per heavy atom. The Labute approximate surface area is 276 Å². The average molecular weight is 741 g/mol. The Morgan fingerprint density at radius 2 is 1.12 bits per heavy atom. The number of Topliss-reactive ketones (excluding diaryl/α,β-unsaturated/α-hetero) is 1. The summed E-state index contributed by atoms with van der Waals surface area (Å²) in [5, 5.41) is 16.7. The first-order chi connectivity index (χ1) is 23.7. The van der Waals surface area contributed by atoms with Gasteiger partial charge in [0, 0.05) is 12.2 Å². The van der Waals surface area contributed by atoms with E-state index < -0.39 is 122 Å². The molecule has 5 rings (SSSR count). The highest BCUT2D eigenvalue weighted by molar-refractivity contribution is 6.06.